The van der Waals surface area contributed by atoms with Gasteiger partial charge in [0.05, 0.1) is 28.4 Å². The highest BCUT2D eigenvalue weighted by Gasteiger charge is 2.17. The maximum absolute atomic E-state index is 11.7. The minimum atomic E-state index is -1.16. The maximum atomic E-state index is 11.7. The summed E-state index contributed by atoms with van der Waals surface area (Å²) in [6.45, 7) is 0. The smallest absolute Gasteiger partial charge is 0.161 e. The second-order valence-electron chi connectivity index (χ2n) is 5.38. The van der Waals surface area contributed by atoms with Gasteiger partial charge in [-0.15, -0.1) is 0 Å². The Balaban J connectivity index is 2.35. The van der Waals surface area contributed by atoms with E-state index in [2.05, 4.69) is 0 Å². The average Bonchev–Trinajstić information content (AvgIpc) is 2.64. The van der Waals surface area contributed by atoms with Gasteiger partial charge in [0.1, 0.15) is 0 Å². The molecule has 6 nitrogen and oxygen atoms in total. The summed E-state index contributed by atoms with van der Waals surface area (Å²) < 4.78 is 20.9. The zero-order valence-electron chi connectivity index (χ0n) is 14.7. The van der Waals surface area contributed by atoms with E-state index in [9.17, 15) is 9.90 Å². The number of carboxylic acid groups (broad SMARTS) is 1. The highest BCUT2D eigenvalue weighted by Crippen LogP contribution is 2.33. The first-order valence-electron chi connectivity index (χ1n) is 7.67. The van der Waals surface area contributed by atoms with Gasteiger partial charge in [0.15, 0.2) is 23.0 Å². The molecule has 0 saturated heterocycles. The Morgan fingerprint density at radius 2 is 1.36 bits per heavy atom. The molecule has 0 radical (unpaired) electrons. The Morgan fingerprint density at radius 3 is 1.88 bits per heavy atom. The summed E-state index contributed by atoms with van der Waals surface area (Å²) in [6, 6.07) is 10.3. The molecule has 0 fully saturated rings. The predicted octanol–water partition coefficient (Wildman–Crippen LogP) is 1.80. The molecule has 0 unspecified atom stereocenters. The zero-order valence-corrected chi connectivity index (χ0v) is 14.7. The van der Waals surface area contributed by atoms with E-state index < -0.39 is 11.9 Å². The van der Waals surface area contributed by atoms with Crippen LogP contribution in [0.5, 0.6) is 23.0 Å². The van der Waals surface area contributed by atoms with Crippen LogP contribution >= 0.6 is 0 Å². The first kappa shape index (κ1) is 18.4. The number of ether oxygens (including phenoxy) is 4. The molecule has 0 heterocycles. The Kier molecular flexibility index (Phi) is 6.11. The fourth-order valence-corrected chi connectivity index (χ4v) is 2.65. The molecule has 0 bridgehead atoms. The normalized spacial score (nSPS) is 11.5. The van der Waals surface area contributed by atoms with Gasteiger partial charge in [-0.3, -0.25) is 0 Å². The minimum Gasteiger partial charge on any atom is -0.549 e. The second-order valence-corrected chi connectivity index (χ2v) is 5.38. The summed E-state index contributed by atoms with van der Waals surface area (Å²) in [5.74, 6) is 0.139. The quantitative estimate of drug-likeness (QED) is 0.726. The van der Waals surface area contributed by atoms with Crippen LogP contribution in [0.15, 0.2) is 36.4 Å². The molecule has 25 heavy (non-hydrogen) atoms. The number of carboxylic acids is 1. The Morgan fingerprint density at radius 1 is 0.840 bits per heavy atom. The van der Waals surface area contributed by atoms with Crippen molar-refractivity contribution in [2.24, 2.45) is 0 Å². The van der Waals surface area contributed by atoms with Crippen LogP contribution in [0, 0.1) is 0 Å². The molecule has 2 aromatic rings. The number of carbonyl (C=O) groups is 1. The van der Waals surface area contributed by atoms with Crippen LogP contribution < -0.4 is 24.1 Å². The molecule has 0 N–H and O–H groups in total. The van der Waals surface area contributed by atoms with Crippen molar-refractivity contribution in [3.63, 3.8) is 0 Å². The summed E-state index contributed by atoms with van der Waals surface area (Å²) >= 11 is 0. The molecular formula is C19H21O6-. The highest BCUT2D eigenvalue weighted by atomic mass is 16.5. The van der Waals surface area contributed by atoms with E-state index in [-0.39, 0.29) is 6.42 Å². The average molecular weight is 345 g/mol. The van der Waals surface area contributed by atoms with Gasteiger partial charge >= 0.3 is 0 Å². The molecule has 0 spiro atoms. The molecule has 0 aliphatic heterocycles. The molecule has 1 atom stereocenters. The molecule has 0 aromatic heterocycles. The van der Waals surface area contributed by atoms with E-state index in [0.717, 1.165) is 5.56 Å². The van der Waals surface area contributed by atoms with Crippen molar-refractivity contribution in [2.45, 2.75) is 12.3 Å². The number of benzene rings is 2. The van der Waals surface area contributed by atoms with E-state index in [0.29, 0.717) is 28.6 Å². The fraction of sp³-hybridized carbons (Fsp3) is 0.316. The van der Waals surface area contributed by atoms with E-state index in [1.165, 1.54) is 21.3 Å². The molecule has 0 amide bonds. The summed E-state index contributed by atoms with van der Waals surface area (Å²) in [4.78, 5) is 11.7. The lowest BCUT2D eigenvalue weighted by atomic mass is 9.91. The molecule has 0 saturated carbocycles. The third-order valence-corrected chi connectivity index (χ3v) is 3.98. The van der Waals surface area contributed by atoms with Crippen LogP contribution in [0.3, 0.4) is 0 Å². The third-order valence-electron chi connectivity index (χ3n) is 3.98. The van der Waals surface area contributed by atoms with Crippen molar-refractivity contribution < 1.29 is 28.8 Å². The van der Waals surface area contributed by atoms with Crippen LogP contribution in [-0.4, -0.2) is 34.4 Å². The number of methoxy groups -OCH3 is 4. The molecular weight excluding hydrogens is 324 g/mol. The number of carbonyl (C=O) groups excluding carboxylic acids is 1. The van der Waals surface area contributed by atoms with Crippen molar-refractivity contribution >= 4 is 5.97 Å². The van der Waals surface area contributed by atoms with Gasteiger partial charge in [0.2, 0.25) is 0 Å². The monoisotopic (exact) mass is 345 g/mol. The SMILES string of the molecule is COc1ccc(C[C@@H](C(=O)[O-])c2ccc(OC)c(OC)c2)cc1OC. The van der Waals surface area contributed by atoms with Crippen molar-refractivity contribution in [2.75, 3.05) is 28.4 Å². The minimum absolute atomic E-state index is 0.248. The number of rotatable bonds is 8. The van der Waals surface area contributed by atoms with E-state index in [1.54, 1.807) is 43.5 Å². The van der Waals surface area contributed by atoms with Crippen LogP contribution in [0.4, 0.5) is 0 Å². The summed E-state index contributed by atoms with van der Waals surface area (Å²) in [7, 11) is 6.11. The Labute approximate surface area is 146 Å². The van der Waals surface area contributed by atoms with Crippen LogP contribution in [0.25, 0.3) is 0 Å². The predicted molar refractivity (Wildman–Crippen MR) is 90.5 cm³/mol. The van der Waals surface area contributed by atoms with Gasteiger partial charge in [-0.25, -0.2) is 0 Å². The van der Waals surface area contributed by atoms with Gasteiger partial charge in [0, 0.05) is 11.9 Å². The van der Waals surface area contributed by atoms with Gasteiger partial charge < -0.3 is 28.8 Å². The van der Waals surface area contributed by atoms with E-state index in [4.69, 9.17) is 18.9 Å². The molecule has 134 valence electrons. The van der Waals surface area contributed by atoms with Gasteiger partial charge in [0.25, 0.3) is 0 Å². The lowest BCUT2D eigenvalue weighted by molar-refractivity contribution is -0.308. The largest absolute Gasteiger partial charge is 0.549 e. The van der Waals surface area contributed by atoms with E-state index in [1.807, 2.05) is 0 Å². The van der Waals surface area contributed by atoms with Crippen LogP contribution in [-0.2, 0) is 11.2 Å². The lowest BCUT2D eigenvalue weighted by Gasteiger charge is -2.20. The maximum Gasteiger partial charge on any atom is 0.161 e. The molecule has 2 rings (SSSR count). The van der Waals surface area contributed by atoms with Gasteiger partial charge in [-0.1, -0.05) is 12.1 Å². The zero-order chi connectivity index (χ0) is 18.4. The van der Waals surface area contributed by atoms with Gasteiger partial charge in [-0.05, 0) is 41.8 Å². The summed E-state index contributed by atoms with van der Waals surface area (Å²) in [5, 5.41) is 11.7. The topological polar surface area (TPSA) is 77.1 Å². The van der Waals surface area contributed by atoms with Crippen LogP contribution in [0.2, 0.25) is 0 Å². The van der Waals surface area contributed by atoms with Crippen molar-refractivity contribution in [1.29, 1.82) is 0 Å². The third kappa shape index (κ3) is 4.15. The number of hydrogen-bond acceptors (Lipinski definition) is 6. The number of hydrogen-bond donors (Lipinski definition) is 0. The van der Waals surface area contributed by atoms with Crippen molar-refractivity contribution in [3.05, 3.63) is 47.5 Å². The molecule has 6 heteroatoms. The second kappa shape index (κ2) is 8.28. The fourth-order valence-electron chi connectivity index (χ4n) is 2.65. The first-order valence-corrected chi connectivity index (χ1v) is 7.67. The highest BCUT2D eigenvalue weighted by molar-refractivity contribution is 5.75. The summed E-state index contributed by atoms with van der Waals surface area (Å²) in [6.07, 6.45) is 0.248. The lowest BCUT2D eigenvalue weighted by Crippen LogP contribution is -2.31. The standard InChI is InChI=1S/C19H22O6/c1-22-15-7-5-12(10-17(15)24-3)9-14(19(20)21)13-6-8-16(23-2)18(11-13)25-4/h5-8,10-11,14H,9H2,1-4H3,(H,20,21)/p-1/t14-/m1/s1. The first-order chi connectivity index (χ1) is 12.0. The van der Waals surface area contributed by atoms with Crippen molar-refractivity contribution in [1.82, 2.24) is 0 Å². The molecule has 0 aliphatic rings. The van der Waals surface area contributed by atoms with Gasteiger partial charge in [-0.2, -0.15) is 0 Å². The molecule has 0 aliphatic carbocycles. The van der Waals surface area contributed by atoms with E-state index >= 15 is 0 Å². The number of aliphatic carboxylic acids is 1. The van der Waals surface area contributed by atoms with Crippen LogP contribution in [0.1, 0.15) is 17.0 Å². The summed E-state index contributed by atoms with van der Waals surface area (Å²) in [5.41, 5.74) is 1.37. The Bertz CT molecular complexity index is 741. The molecule has 2 aromatic carbocycles. The van der Waals surface area contributed by atoms with Crippen molar-refractivity contribution in [3.8, 4) is 23.0 Å². The Hall–Kier alpha value is -2.89.